The van der Waals surface area contributed by atoms with Crippen molar-refractivity contribution < 1.29 is 18.0 Å². The Kier molecular flexibility index (Phi) is 4.46. The molecule has 3 aromatic rings. The van der Waals surface area contributed by atoms with E-state index in [1.807, 2.05) is 30.3 Å². The molecule has 0 aliphatic rings. The zero-order valence-corrected chi connectivity index (χ0v) is 13.0. The number of nitrogens with one attached hydrogen (secondary N) is 2. The second-order valence-corrected chi connectivity index (χ2v) is 5.55. The summed E-state index contributed by atoms with van der Waals surface area (Å²) in [4.78, 5) is 11.9. The molecule has 0 radical (unpaired) electrons. The first-order valence-corrected chi connectivity index (χ1v) is 7.52. The number of hydrogen-bond acceptors (Lipinski definition) is 2. The first-order valence-electron chi connectivity index (χ1n) is 7.52. The topological polar surface area (TPSA) is 54.3 Å². The van der Waals surface area contributed by atoms with Gasteiger partial charge in [-0.15, -0.1) is 0 Å². The molecule has 0 saturated carbocycles. The molecule has 124 valence electrons. The smallest absolute Gasteiger partial charge is 0.319 e. The van der Waals surface area contributed by atoms with Gasteiger partial charge in [-0.1, -0.05) is 24.3 Å². The Bertz CT molecular complexity index is 823. The van der Waals surface area contributed by atoms with Crippen molar-refractivity contribution in [2.45, 2.75) is 19.4 Å². The number of hydrogen-bond donors (Lipinski definition) is 2. The number of halogens is 2. The highest BCUT2D eigenvalue weighted by atomic mass is 19.1. The minimum Gasteiger partial charge on any atom is -0.461 e. The van der Waals surface area contributed by atoms with Crippen LogP contribution in [-0.2, 0) is 6.42 Å². The zero-order valence-electron chi connectivity index (χ0n) is 13.0. The van der Waals surface area contributed by atoms with E-state index in [2.05, 4.69) is 10.6 Å². The lowest BCUT2D eigenvalue weighted by molar-refractivity contribution is 0.248. The minimum atomic E-state index is -0.824. The third kappa shape index (κ3) is 3.53. The fourth-order valence-electron chi connectivity index (χ4n) is 2.48. The Balaban J connectivity index is 1.62. The van der Waals surface area contributed by atoms with Crippen LogP contribution in [0.2, 0.25) is 0 Å². The molecule has 0 aliphatic carbocycles. The summed E-state index contributed by atoms with van der Waals surface area (Å²) >= 11 is 0. The van der Waals surface area contributed by atoms with Crippen molar-refractivity contribution in [1.29, 1.82) is 0 Å². The maximum Gasteiger partial charge on any atom is 0.319 e. The molecule has 0 aliphatic heterocycles. The van der Waals surface area contributed by atoms with Crippen molar-refractivity contribution in [3.05, 3.63) is 65.9 Å². The normalized spacial score (nSPS) is 12.1. The molecule has 1 aromatic heterocycles. The van der Waals surface area contributed by atoms with Gasteiger partial charge in [0.1, 0.15) is 28.7 Å². The van der Waals surface area contributed by atoms with Gasteiger partial charge in [0.05, 0.1) is 0 Å². The van der Waals surface area contributed by atoms with E-state index in [0.29, 0.717) is 6.42 Å². The van der Waals surface area contributed by atoms with E-state index in [0.717, 1.165) is 28.9 Å². The van der Waals surface area contributed by atoms with Crippen LogP contribution in [0.25, 0.3) is 11.0 Å². The molecule has 2 aromatic carbocycles. The van der Waals surface area contributed by atoms with E-state index in [4.69, 9.17) is 4.42 Å². The number of anilines is 1. The highest BCUT2D eigenvalue weighted by molar-refractivity contribution is 5.89. The summed E-state index contributed by atoms with van der Waals surface area (Å²) in [7, 11) is 0. The monoisotopic (exact) mass is 330 g/mol. The first-order chi connectivity index (χ1) is 11.5. The van der Waals surface area contributed by atoms with Crippen LogP contribution in [-0.4, -0.2) is 12.1 Å². The third-order valence-corrected chi connectivity index (χ3v) is 3.56. The number of amides is 2. The lowest BCUT2D eigenvalue weighted by Gasteiger charge is -2.14. The zero-order chi connectivity index (χ0) is 17.1. The van der Waals surface area contributed by atoms with E-state index in [1.54, 1.807) is 6.92 Å². The maximum atomic E-state index is 13.5. The van der Waals surface area contributed by atoms with E-state index in [1.165, 1.54) is 6.07 Å². The van der Waals surface area contributed by atoms with Crippen molar-refractivity contribution in [2.75, 3.05) is 5.32 Å². The lowest BCUT2D eigenvalue weighted by atomic mass is 10.2. The van der Waals surface area contributed by atoms with Crippen molar-refractivity contribution in [1.82, 2.24) is 5.32 Å². The molecule has 1 heterocycles. The van der Waals surface area contributed by atoms with Crippen LogP contribution >= 0.6 is 0 Å². The van der Waals surface area contributed by atoms with Gasteiger partial charge in [0.15, 0.2) is 0 Å². The van der Waals surface area contributed by atoms with Crippen LogP contribution in [0.1, 0.15) is 12.7 Å². The molecule has 2 amide bonds. The summed E-state index contributed by atoms with van der Waals surface area (Å²) in [6.07, 6.45) is 0.460. The van der Waals surface area contributed by atoms with Gasteiger partial charge in [-0.3, -0.25) is 0 Å². The minimum absolute atomic E-state index is 0.277. The summed E-state index contributed by atoms with van der Waals surface area (Å²) in [5, 5.41) is 5.81. The van der Waals surface area contributed by atoms with Gasteiger partial charge < -0.3 is 15.1 Å². The number of furan rings is 1. The predicted molar refractivity (Wildman–Crippen MR) is 87.9 cm³/mol. The van der Waals surface area contributed by atoms with Gasteiger partial charge in [-0.05, 0) is 31.2 Å². The number of fused-ring (bicyclic) bond motifs is 1. The molecular weight excluding hydrogens is 314 g/mol. The lowest BCUT2D eigenvalue weighted by Crippen LogP contribution is -2.37. The van der Waals surface area contributed by atoms with E-state index in [9.17, 15) is 13.6 Å². The highest BCUT2D eigenvalue weighted by Gasteiger charge is 2.15. The Morgan fingerprint density at radius 2 is 1.83 bits per heavy atom. The molecule has 0 fully saturated rings. The molecule has 0 unspecified atom stereocenters. The summed E-state index contributed by atoms with van der Waals surface area (Å²) < 4.78 is 32.7. The molecule has 2 N–H and O–H groups in total. The van der Waals surface area contributed by atoms with Crippen LogP contribution in [0.4, 0.5) is 19.3 Å². The molecule has 4 nitrogen and oxygen atoms in total. The molecular formula is C18H16F2N2O2. The fraction of sp³-hybridized carbons (Fsp3) is 0.167. The summed E-state index contributed by atoms with van der Waals surface area (Å²) in [6.45, 7) is 1.78. The van der Waals surface area contributed by atoms with Crippen LogP contribution in [0, 0.1) is 11.6 Å². The van der Waals surface area contributed by atoms with Gasteiger partial charge in [0.2, 0.25) is 0 Å². The number of carbonyl (C=O) groups excluding carboxylic acids is 1. The predicted octanol–water partition coefficient (Wildman–Crippen LogP) is 4.46. The van der Waals surface area contributed by atoms with Gasteiger partial charge in [0, 0.05) is 17.8 Å². The van der Waals surface area contributed by atoms with Gasteiger partial charge in [0.25, 0.3) is 0 Å². The Morgan fingerprint density at radius 1 is 1.12 bits per heavy atom. The Labute approximate surface area is 137 Å². The third-order valence-electron chi connectivity index (χ3n) is 3.56. The van der Waals surface area contributed by atoms with E-state index >= 15 is 0 Å². The van der Waals surface area contributed by atoms with Gasteiger partial charge >= 0.3 is 6.03 Å². The van der Waals surface area contributed by atoms with Crippen LogP contribution < -0.4 is 10.6 Å². The second kappa shape index (κ2) is 6.70. The van der Waals surface area contributed by atoms with E-state index in [-0.39, 0.29) is 6.04 Å². The maximum absolute atomic E-state index is 13.5. The average molecular weight is 330 g/mol. The molecule has 0 bridgehead atoms. The van der Waals surface area contributed by atoms with Gasteiger partial charge in [-0.25, -0.2) is 13.6 Å². The Morgan fingerprint density at radius 3 is 2.54 bits per heavy atom. The molecule has 3 rings (SSSR count). The standard InChI is InChI=1S/C18H16F2N2O2/c1-11(9-13-10-12-5-2-3-8-16(12)24-13)21-18(23)22-17-14(19)6-4-7-15(17)20/h2-8,10-11H,9H2,1H3,(H2,21,22,23)/t11-/m1/s1. The largest absolute Gasteiger partial charge is 0.461 e. The summed E-state index contributed by atoms with van der Waals surface area (Å²) in [6, 6.07) is 11.9. The van der Waals surface area contributed by atoms with Crippen molar-refractivity contribution in [3.8, 4) is 0 Å². The number of urea groups is 1. The SMILES string of the molecule is C[C@H](Cc1cc2ccccc2o1)NC(=O)Nc1c(F)cccc1F. The molecule has 6 heteroatoms. The quantitative estimate of drug-likeness (QED) is 0.742. The average Bonchev–Trinajstić information content (AvgIpc) is 2.93. The molecule has 24 heavy (non-hydrogen) atoms. The van der Waals surface area contributed by atoms with Crippen molar-refractivity contribution >= 4 is 22.7 Å². The highest BCUT2D eigenvalue weighted by Crippen LogP contribution is 2.20. The number of benzene rings is 2. The second-order valence-electron chi connectivity index (χ2n) is 5.55. The number of rotatable bonds is 4. The molecule has 0 spiro atoms. The first kappa shape index (κ1) is 16.0. The van der Waals surface area contributed by atoms with Crippen molar-refractivity contribution in [2.24, 2.45) is 0 Å². The fourth-order valence-corrected chi connectivity index (χ4v) is 2.48. The Hall–Kier alpha value is -2.89. The summed E-state index contributed by atoms with van der Waals surface area (Å²) in [5.41, 5.74) is 0.309. The van der Waals surface area contributed by atoms with Crippen LogP contribution in [0.3, 0.4) is 0 Å². The number of para-hydroxylation sites is 2. The molecule has 1 atom stereocenters. The van der Waals surface area contributed by atoms with Crippen molar-refractivity contribution in [3.63, 3.8) is 0 Å². The van der Waals surface area contributed by atoms with Crippen LogP contribution in [0.5, 0.6) is 0 Å². The number of carbonyl (C=O) groups is 1. The summed E-state index contributed by atoms with van der Waals surface area (Å²) in [5.74, 6) is -0.925. The van der Waals surface area contributed by atoms with Gasteiger partial charge in [-0.2, -0.15) is 0 Å². The molecule has 0 saturated heterocycles. The van der Waals surface area contributed by atoms with E-state index < -0.39 is 23.4 Å². The van der Waals surface area contributed by atoms with Crippen LogP contribution in [0.15, 0.2) is 52.9 Å².